The molecule has 4 fully saturated rings. The number of Topliss-reactive ketones (excluding diaryl/α,β-unsaturated/α-hetero) is 1. The Morgan fingerprint density at radius 3 is 2.61 bits per heavy atom. The third kappa shape index (κ3) is 2.46. The highest BCUT2D eigenvalue weighted by molar-refractivity contribution is 5.87. The molecule has 0 bridgehead atoms. The minimum atomic E-state index is -0.126. The summed E-state index contributed by atoms with van der Waals surface area (Å²) in [6.07, 6.45) is 10.4. The summed E-state index contributed by atoms with van der Waals surface area (Å²) < 4.78 is 5.55. The van der Waals surface area contributed by atoms with Gasteiger partial charge < -0.3 is 4.74 Å². The second kappa shape index (κ2) is 5.60. The van der Waals surface area contributed by atoms with Crippen LogP contribution in [0.4, 0.5) is 0 Å². The molecule has 4 saturated carbocycles. The number of ether oxygens (including phenoxy) is 1. The predicted molar refractivity (Wildman–Crippen MR) is 87.7 cm³/mol. The number of hydrogen-bond acceptors (Lipinski definition) is 3. The molecule has 3 heteroatoms. The Hall–Kier alpha value is -0.860. The van der Waals surface area contributed by atoms with E-state index in [0.29, 0.717) is 11.7 Å². The van der Waals surface area contributed by atoms with Crippen LogP contribution in [0.3, 0.4) is 0 Å². The van der Waals surface area contributed by atoms with Crippen molar-refractivity contribution < 1.29 is 14.3 Å². The number of carbonyl (C=O) groups is 2. The van der Waals surface area contributed by atoms with Crippen molar-refractivity contribution in [1.82, 2.24) is 0 Å². The third-order valence-corrected chi connectivity index (χ3v) is 7.95. The van der Waals surface area contributed by atoms with E-state index in [1.54, 1.807) is 0 Å². The molecule has 0 amide bonds. The Kier molecular flexibility index (Phi) is 3.81. The molecule has 7 atom stereocenters. The number of fused-ring (bicyclic) bond motifs is 5. The van der Waals surface area contributed by atoms with E-state index in [-0.39, 0.29) is 17.5 Å². The molecule has 0 spiro atoms. The molecular formula is C20H30O3. The first-order valence-corrected chi connectivity index (χ1v) is 9.69. The van der Waals surface area contributed by atoms with Crippen molar-refractivity contribution in [3.8, 4) is 0 Å². The lowest BCUT2D eigenvalue weighted by atomic mass is 9.50. The van der Waals surface area contributed by atoms with E-state index in [0.717, 1.165) is 55.8 Å². The van der Waals surface area contributed by atoms with E-state index in [9.17, 15) is 9.59 Å². The molecule has 0 saturated heterocycles. The van der Waals surface area contributed by atoms with Gasteiger partial charge in [-0.05, 0) is 81.0 Å². The lowest BCUT2D eigenvalue weighted by Crippen LogP contribution is -2.49. The van der Waals surface area contributed by atoms with E-state index < -0.39 is 0 Å². The molecule has 0 aromatic heterocycles. The molecule has 0 radical (unpaired) electrons. The van der Waals surface area contributed by atoms with Crippen molar-refractivity contribution in [1.29, 1.82) is 0 Å². The molecule has 0 heterocycles. The second-order valence-corrected chi connectivity index (χ2v) is 8.90. The number of esters is 1. The van der Waals surface area contributed by atoms with Gasteiger partial charge in [0.2, 0.25) is 0 Å². The van der Waals surface area contributed by atoms with Crippen molar-refractivity contribution in [2.75, 3.05) is 0 Å². The molecule has 128 valence electrons. The maximum Gasteiger partial charge on any atom is 0.302 e. The fourth-order valence-corrected chi connectivity index (χ4v) is 6.89. The lowest BCUT2D eigenvalue weighted by molar-refractivity contribution is -0.153. The summed E-state index contributed by atoms with van der Waals surface area (Å²) >= 11 is 0. The average Bonchev–Trinajstić information content (AvgIpc) is 2.82. The Labute approximate surface area is 139 Å². The summed E-state index contributed by atoms with van der Waals surface area (Å²) in [7, 11) is 0. The average molecular weight is 318 g/mol. The Bertz CT molecular complexity index is 513. The first-order chi connectivity index (χ1) is 11.0. The van der Waals surface area contributed by atoms with Crippen LogP contribution in [-0.4, -0.2) is 17.9 Å². The number of rotatable bonds is 1. The van der Waals surface area contributed by atoms with Crippen LogP contribution in [0.2, 0.25) is 0 Å². The SMILES string of the molecule is CC(=O)O[C@@H]1CC[C@@H]2CC[C@@H]3[C@H](CC[C@]4(C)C(=O)CC[C@H]34)[C@H]2C1. The van der Waals surface area contributed by atoms with E-state index in [4.69, 9.17) is 4.74 Å². The van der Waals surface area contributed by atoms with Gasteiger partial charge in [-0.3, -0.25) is 9.59 Å². The van der Waals surface area contributed by atoms with Crippen molar-refractivity contribution in [3.63, 3.8) is 0 Å². The minimum absolute atomic E-state index is 0.0159. The standard InChI is InChI=1S/C20H30O3/c1-12(21)23-14-5-3-13-4-6-16-15(17(13)11-14)9-10-20(2)18(16)7-8-19(20)22/h13-18H,3-11H2,1-2H3/t13-,14-,15+,16-,17+,18-,20+/m1/s1. The van der Waals surface area contributed by atoms with Crippen molar-refractivity contribution in [2.45, 2.75) is 77.7 Å². The highest BCUT2D eigenvalue weighted by Gasteiger charge is 2.57. The zero-order chi connectivity index (χ0) is 16.2. The Morgan fingerprint density at radius 2 is 1.83 bits per heavy atom. The molecule has 4 aliphatic rings. The second-order valence-electron chi connectivity index (χ2n) is 8.90. The molecular weight excluding hydrogens is 288 g/mol. The van der Waals surface area contributed by atoms with Gasteiger partial charge in [0.25, 0.3) is 0 Å². The fraction of sp³-hybridized carbons (Fsp3) is 0.900. The summed E-state index contributed by atoms with van der Waals surface area (Å²) in [5, 5.41) is 0. The van der Waals surface area contributed by atoms with Crippen LogP contribution in [0.15, 0.2) is 0 Å². The van der Waals surface area contributed by atoms with E-state index >= 15 is 0 Å². The summed E-state index contributed by atoms with van der Waals surface area (Å²) in [5.74, 6) is 4.12. The maximum absolute atomic E-state index is 12.4. The van der Waals surface area contributed by atoms with Crippen LogP contribution < -0.4 is 0 Å². The minimum Gasteiger partial charge on any atom is -0.463 e. The molecule has 0 aromatic rings. The quantitative estimate of drug-likeness (QED) is 0.682. The van der Waals surface area contributed by atoms with Gasteiger partial charge in [-0.25, -0.2) is 0 Å². The smallest absolute Gasteiger partial charge is 0.302 e. The molecule has 23 heavy (non-hydrogen) atoms. The Balaban J connectivity index is 1.53. The largest absolute Gasteiger partial charge is 0.463 e. The monoisotopic (exact) mass is 318 g/mol. The maximum atomic E-state index is 12.4. The van der Waals surface area contributed by atoms with E-state index in [1.807, 2.05) is 0 Å². The number of carbonyl (C=O) groups excluding carboxylic acids is 2. The van der Waals surface area contributed by atoms with E-state index in [2.05, 4.69) is 6.92 Å². The molecule has 0 N–H and O–H groups in total. The first-order valence-electron chi connectivity index (χ1n) is 9.69. The van der Waals surface area contributed by atoms with Gasteiger partial charge >= 0.3 is 5.97 Å². The summed E-state index contributed by atoms with van der Waals surface area (Å²) in [5.41, 5.74) is -0.0159. The predicted octanol–water partition coefficient (Wildman–Crippen LogP) is 4.14. The van der Waals surface area contributed by atoms with Gasteiger partial charge in [-0.15, -0.1) is 0 Å². The van der Waals surface area contributed by atoms with Crippen molar-refractivity contribution in [3.05, 3.63) is 0 Å². The number of hydrogen-bond donors (Lipinski definition) is 0. The van der Waals surface area contributed by atoms with Crippen LogP contribution in [0.25, 0.3) is 0 Å². The van der Waals surface area contributed by atoms with Gasteiger partial charge in [0.05, 0.1) is 0 Å². The van der Waals surface area contributed by atoms with Gasteiger partial charge in [-0.2, -0.15) is 0 Å². The fourth-order valence-electron chi connectivity index (χ4n) is 6.89. The topological polar surface area (TPSA) is 43.4 Å². The van der Waals surface area contributed by atoms with Gasteiger partial charge in [0.1, 0.15) is 11.9 Å². The summed E-state index contributed by atoms with van der Waals surface area (Å²) in [4.78, 5) is 23.7. The normalized spacial score (nSPS) is 49.0. The van der Waals surface area contributed by atoms with Crippen LogP contribution >= 0.6 is 0 Å². The zero-order valence-electron chi connectivity index (χ0n) is 14.6. The molecule has 0 aromatic carbocycles. The molecule has 4 aliphatic carbocycles. The van der Waals surface area contributed by atoms with Gasteiger partial charge in [0, 0.05) is 18.8 Å². The van der Waals surface area contributed by atoms with Crippen molar-refractivity contribution in [2.24, 2.45) is 35.0 Å². The lowest BCUT2D eigenvalue weighted by Gasteiger charge is -2.54. The van der Waals surface area contributed by atoms with Crippen LogP contribution in [0.5, 0.6) is 0 Å². The van der Waals surface area contributed by atoms with Crippen LogP contribution in [0.1, 0.15) is 71.6 Å². The first kappa shape index (κ1) is 15.7. The molecule has 0 aliphatic heterocycles. The molecule has 0 unspecified atom stereocenters. The third-order valence-electron chi connectivity index (χ3n) is 7.95. The van der Waals surface area contributed by atoms with Crippen LogP contribution in [0, 0.1) is 35.0 Å². The zero-order valence-corrected chi connectivity index (χ0v) is 14.6. The van der Waals surface area contributed by atoms with Crippen LogP contribution in [-0.2, 0) is 14.3 Å². The van der Waals surface area contributed by atoms with Gasteiger partial charge in [0.15, 0.2) is 0 Å². The highest BCUT2D eigenvalue weighted by atomic mass is 16.5. The summed E-state index contributed by atoms with van der Waals surface area (Å²) in [6.45, 7) is 3.78. The van der Waals surface area contributed by atoms with Gasteiger partial charge in [-0.1, -0.05) is 6.92 Å². The molecule has 4 rings (SSSR count). The highest BCUT2D eigenvalue weighted by Crippen LogP contribution is 2.61. The summed E-state index contributed by atoms with van der Waals surface area (Å²) in [6, 6.07) is 0. The number of ketones is 1. The van der Waals surface area contributed by atoms with Crippen molar-refractivity contribution >= 4 is 11.8 Å². The molecule has 3 nitrogen and oxygen atoms in total. The Morgan fingerprint density at radius 1 is 1.04 bits per heavy atom. The van der Waals surface area contributed by atoms with E-state index in [1.165, 1.54) is 32.6 Å².